The quantitative estimate of drug-likeness (QED) is 0.419. The number of hydrogen-bond donors (Lipinski definition) is 0. The van der Waals surface area contributed by atoms with Gasteiger partial charge >= 0.3 is 0 Å². The number of aromatic nitrogens is 4. The van der Waals surface area contributed by atoms with Crippen LogP contribution in [-0.2, 0) is 18.5 Å². The number of rotatable bonds is 6. The monoisotopic (exact) mass is 448 g/mol. The summed E-state index contributed by atoms with van der Waals surface area (Å²) in [5.41, 5.74) is 2.36. The maximum absolute atomic E-state index is 12.9. The van der Waals surface area contributed by atoms with Crippen LogP contribution in [0.5, 0.6) is 0 Å². The lowest BCUT2D eigenvalue weighted by Crippen LogP contribution is -2.23. The highest BCUT2D eigenvalue weighted by Crippen LogP contribution is 2.25. The zero-order valence-electron chi connectivity index (χ0n) is 16.4. The smallest absolute Gasteiger partial charge is 0.261 e. The fraction of sp³-hybridized carbons (Fsp3) is 0.421. The van der Waals surface area contributed by atoms with E-state index in [-0.39, 0.29) is 5.56 Å². The van der Waals surface area contributed by atoms with E-state index in [1.807, 2.05) is 25.1 Å². The third kappa shape index (κ3) is 4.39. The average molecular weight is 449 g/mol. The van der Waals surface area contributed by atoms with Crippen LogP contribution in [0.4, 0.5) is 0 Å². The minimum absolute atomic E-state index is 0.0770. The lowest BCUT2D eigenvalue weighted by atomic mass is 10.1. The molecule has 27 heavy (non-hydrogen) atoms. The molecule has 0 aliphatic rings. The van der Waals surface area contributed by atoms with Crippen molar-refractivity contribution in [2.75, 3.05) is 6.61 Å². The van der Waals surface area contributed by atoms with Gasteiger partial charge in [-0.15, -0.1) is 0 Å². The maximum atomic E-state index is 12.9. The van der Waals surface area contributed by atoms with Crippen molar-refractivity contribution in [2.24, 2.45) is 7.05 Å². The zero-order chi connectivity index (χ0) is 19.8. The van der Waals surface area contributed by atoms with Crippen molar-refractivity contribution in [3.8, 4) is 11.5 Å². The summed E-state index contributed by atoms with van der Waals surface area (Å²) >= 11 is 3.54. The van der Waals surface area contributed by atoms with Gasteiger partial charge in [-0.05, 0) is 52.7 Å². The van der Waals surface area contributed by atoms with Gasteiger partial charge in [-0.3, -0.25) is 9.36 Å². The Morgan fingerprint density at radius 1 is 1.26 bits per heavy atom. The molecule has 0 atom stereocenters. The second kappa shape index (κ2) is 7.69. The Kier molecular flexibility index (Phi) is 5.69. The highest BCUT2D eigenvalue weighted by molar-refractivity contribution is 9.10. The number of nitrogens with zero attached hydrogens (tertiary/aromatic N) is 4. The van der Waals surface area contributed by atoms with E-state index in [2.05, 4.69) is 40.7 Å². The molecule has 1 aromatic carbocycles. The molecule has 6 nitrogen and oxygen atoms in total. The fourth-order valence-corrected chi connectivity index (χ4v) is 4.27. The van der Waals surface area contributed by atoms with Crippen LogP contribution in [0.25, 0.3) is 22.4 Å². The first kappa shape index (κ1) is 20.0. The van der Waals surface area contributed by atoms with E-state index >= 15 is 0 Å². The molecule has 8 heteroatoms. The van der Waals surface area contributed by atoms with Gasteiger partial charge in [-0.1, -0.05) is 19.6 Å². The van der Waals surface area contributed by atoms with Crippen LogP contribution in [0.15, 0.2) is 33.7 Å². The van der Waals surface area contributed by atoms with E-state index in [4.69, 9.17) is 9.72 Å². The van der Waals surface area contributed by atoms with Crippen molar-refractivity contribution in [2.45, 2.75) is 39.3 Å². The third-order valence-corrected chi connectivity index (χ3v) is 6.74. The first-order chi connectivity index (χ1) is 12.7. The standard InChI is InChI=1S/C19H25BrN4O2Si/c1-13-10-14-17(15(20)11-13)22-18(23(2)19(14)25)16-6-7-21-24(16)12-26-8-9-27(3,4)5/h6-7,10-11H,8-9,12H2,1-5H3. The Morgan fingerprint density at radius 3 is 2.70 bits per heavy atom. The van der Waals surface area contributed by atoms with Gasteiger partial charge in [0.05, 0.1) is 10.9 Å². The number of aryl methyl sites for hydroxylation is 1. The predicted octanol–water partition coefficient (Wildman–Crippen LogP) is 4.18. The Labute approximate surface area is 168 Å². The fourth-order valence-electron chi connectivity index (χ4n) is 2.85. The van der Waals surface area contributed by atoms with E-state index in [9.17, 15) is 4.79 Å². The van der Waals surface area contributed by atoms with Crippen molar-refractivity contribution >= 4 is 34.9 Å². The van der Waals surface area contributed by atoms with Crippen LogP contribution in [0, 0.1) is 6.92 Å². The maximum Gasteiger partial charge on any atom is 0.261 e. The number of fused-ring (bicyclic) bond motifs is 1. The Morgan fingerprint density at radius 2 is 2.00 bits per heavy atom. The molecule has 0 N–H and O–H groups in total. The SMILES string of the molecule is Cc1cc(Br)c2nc(-c3ccnn3COCC[Si](C)(C)C)n(C)c(=O)c2c1. The molecule has 3 aromatic rings. The van der Waals surface area contributed by atoms with Crippen LogP contribution in [0.2, 0.25) is 25.7 Å². The number of ether oxygens (including phenoxy) is 1. The number of halogens is 1. The Bertz CT molecular complexity index is 1040. The predicted molar refractivity (Wildman–Crippen MR) is 115 cm³/mol. The van der Waals surface area contributed by atoms with Gasteiger partial charge in [0.1, 0.15) is 12.4 Å². The summed E-state index contributed by atoms with van der Waals surface area (Å²) in [6, 6.07) is 6.80. The van der Waals surface area contributed by atoms with Gasteiger partial charge in [0.25, 0.3) is 5.56 Å². The van der Waals surface area contributed by atoms with Gasteiger partial charge in [-0.2, -0.15) is 5.10 Å². The summed E-state index contributed by atoms with van der Waals surface area (Å²) in [5, 5.41) is 4.95. The minimum Gasteiger partial charge on any atom is -0.360 e. The van der Waals surface area contributed by atoms with Crippen LogP contribution >= 0.6 is 15.9 Å². The molecule has 3 rings (SSSR count). The molecular weight excluding hydrogens is 424 g/mol. The molecule has 0 spiro atoms. The van der Waals surface area contributed by atoms with Crippen molar-refractivity contribution in [3.63, 3.8) is 0 Å². The van der Waals surface area contributed by atoms with Crippen LogP contribution in [0.1, 0.15) is 5.56 Å². The van der Waals surface area contributed by atoms with E-state index in [0.29, 0.717) is 30.1 Å². The van der Waals surface area contributed by atoms with Crippen molar-refractivity contribution in [3.05, 3.63) is 44.8 Å². The molecule has 0 aliphatic carbocycles. The van der Waals surface area contributed by atoms with E-state index < -0.39 is 8.07 Å². The first-order valence-electron chi connectivity index (χ1n) is 8.94. The van der Waals surface area contributed by atoms with Crippen LogP contribution in [-0.4, -0.2) is 34.0 Å². The summed E-state index contributed by atoms with van der Waals surface area (Å²) in [4.78, 5) is 17.6. The second-order valence-corrected chi connectivity index (χ2v) is 14.5. The summed E-state index contributed by atoms with van der Waals surface area (Å²) in [6.45, 7) is 9.99. The van der Waals surface area contributed by atoms with Crippen LogP contribution in [0.3, 0.4) is 0 Å². The van der Waals surface area contributed by atoms with Gasteiger partial charge in [-0.25, -0.2) is 9.67 Å². The third-order valence-electron chi connectivity index (χ3n) is 4.43. The second-order valence-electron chi connectivity index (χ2n) is 8.01. The summed E-state index contributed by atoms with van der Waals surface area (Å²) < 4.78 is 9.96. The average Bonchev–Trinajstić information content (AvgIpc) is 3.03. The molecule has 144 valence electrons. The molecule has 2 heterocycles. The summed E-state index contributed by atoms with van der Waals surface area (Å²) in [6.07, 6.45) is 1.71. The van der Waals surface area contributed by atoms with Crippen LogP contribution < -0.4 is 5.56 Å². The molecule has 0 saturated heterocycles. The van der Waals surface area contributed by atoms with Crippen molar-refractivity contribution in [1.29, 1.82) is 0 Å². The molecule has 0 amide bonds. The Balaban J connectivity index is 1.96. The molecule has 0 radical (unpaired) electrons. The largest absolute Gasteiger partial charge is 0.360 e. The zero-order valence-corrected chi connectivity index (χ0v) is 19.0. The molecule has 0 fully saturated rings. The summed E-state index contributed by atoms with van der Waals surface area (Å²) in [5.74, 6) is 0.573. The molecule has 2 aromatic heterocycles. The van der Waals surface area contributed by atoms with Gasteiger partial charge in [0, 0.05) is 32.4 Å². The van der Waals surface area contributed by atoms with E-state index in [0.717, 1.165) is 21.8 Å². The molecule has 0 bridgehead atoms. The lowest BCUT2D eigenvalue weighted by Gasteiger charge is -2.16. The van der Waals surface area contributed by atoms with Crippen molar-refractivity contribution in [1.82, 2.24) is 19.3 Å². The lowest BCUT2D eigenvalue weighted by molar-refractivity contribution is 0.0796. The van der Waals surface area contributed by atoms with Crippen molar-refractivity contribution < 1.29 is 4.74 Å². The highest BCUT2D eigenvalue weighted by atomic mass is 79.9. The highest BCUT2D eigenvalue weighted by Gasteiger charge is 2.17. The van der Waals surface area contributed by atoms with Gasteiger partial charge in [0.15, 0.2) is 5.82 Å². The molecule has 0 unspecified atom stereocenters. The first-order valence-corrected chi connectivity index (χ1v) is 13.4. The molecule has 0 saturated carbocycles. The molecule has 0 aliphatic heterocycles. The molecular formula is C19H25BrN4O2Si. The van der Waals surface area contributed by atoms with Gasteiger partial charge in [0.2, 0.25) is 0 Å². The van der Waals surface area contributed by atoms with E-state index in [1.54, 1.807) is 22.5 Å². The summed E-state index contributed by atoms with van der Waals surface area (Å²) in [7, 11) is 0.607. The van der Waals surface area contributed by atoms with E-state index in [1.165, 1.54) is 0 Å². The topological polar surface area (TPSA) is 61.9 Å². The normalized spacial score (nSPS) is 12.1. The minimum atomic E-state index is -1.13. The Hall–Kier alpha value is -1.77. The number of hydrogen-bond acceptors (Lipinski definition) is 4. The van der Waals surface area contributed by atoms with Gasteiger partial charge < -0.3 is 4.74 Å². The number of benzene rings is 1.